The standard InChI is InChI=1S/C18H19N3O2S/c1-13-19-8-10-20(13)12-14-4-2-9-21(14)18(22)17-7-6-16(24-17)15-5-3-11-23-15/h3,5-8,10-11,14H,2,4,9,12H2,1H3. The molecule has 1 unspecified atom stereocenters. The first-order chi connectivity index (χ1) is 11.7. The third kappa shape index (κ3) is 2.78. The number of aryl methyl sites for hydroxylation is 1. The molecule has 0 aromatic carbocycles. The van der Waals surface area contributed by atoms with Crippen molar-refractivity contribution >= 4 is 17.2 Å². The van der Waals surface area contributed by atoms with E-state index in [4.69, 9.17) is 4.42 Å². The zero-order valence-electron chi connectivity index (χ0n) is 13.5. The minimum Gasteiger partial charge on any atom is -0.464 e. The van der Waals surface area contributed by atoms with Crippen molar-refractivity contribution in [3.8, 4) is 10.6 Å². The molecule has 1 atom stereocenters. The van der Waals surface area contributed by atoms with Gasteiger partial charge in [0.1, 0.15) is 11.6 Å². The second-order valence-corrected chi connectivity index (χ2v) is 7.15. The number of rotatable bonds is 4. The number of hydrogen-bond donors (Lipinski definition) is 0. The predicted octanol–water partition coefficient (Wildman–Crippen LogP) is 3.82. The van der Waals surface area contributed by atoms with E-state index in [2.05, 4.69) is 9.55 Å². The average molecular weight is 341 g/mol. The lowest BCUT2D eigenvalue weighted by molar-refractivity contribution is 0.0728. The van der Waals surface area contributed by atoms with E-state index in [0.717, 1.165) is 47.3 Å². The maximum Gasteiger partial charge on any atom is 0.264 e. The van der Waals surface area contributed by atoms with Gasteiger partial charge in [-0.15, -0.1) is 11.3 Å². The van der Waals surface area contributed by atoms with Crippen LogP contribution in [0.4, 0.5) is 0 Å². The van der Waals surface area contributed by atoms with Gasteiger partial charge in [-0.3, -0.25) is 4.79 Å². The molecule has 4 heterocycles. The lowest BCUT2D eigenvalue weighted by Gasteiger charge is -2.25. The number of carbonyl (C=O) groups excluding carboxylic acids is 1. The molecule has 124 valence electrons. The fraction of sp³-hybridized carbons (Fsp3) is 0.333. The Kier molecular flexibility index (Phi) is 3.98. The molecule has 1 fully saturated rings. The highest BCUT2D eigenvalue weighted by Crippen LogP contribution is 2.31. The van der Waals surface area contributed by atoms with Crippen LogP contribution >= 0.6 is 11.3 Å². The number of nitrogens with zero attached hydrogens (tertiary/aromatic N) is 3. The fourth-order valence-electron chi connectivity index (χ4n) is 3.26. The second kappa shape index (κ2) is 6.28. The molecule has 3 aromatic rings. The normalized spacial score (nSPS) is 17.5. The minimum absolute atomic E-state index is 0.123. The summed E-state index contributed by atoms with van der Waals surface area (Å²) < 4.78 is 7.54. The van der Waals surface area contributed by atoms with E-state index < -0.39 is 0 Å². The highest BCUT2D eigenvalue weighted by Gasteiger charge is 2.30. The first-order valence-corrected chi connectivity index (χ1v) is 8.96. The average Bonchev–Trinajstić information content (AvgIpc) is 3.36. The van der Waals surface area contributed by atoms with Crippen molar-refractivity contribution < 1.29 is 9.21 Å². The summed E-state index contributed by atoms with van der Waals surface area (Å²) in [5.41, 5.74) is 0. The van der Waals surface area contributed by atoms with Crippen LogP contribution in [0.25, 0.3) is 10.6 Å². The van der Waals surface area contributed by atoms with Crippen LogP contribution in [-0.4, -0.2) is 32.9 Å². The van der Waals surface area contributed by atoms with Crippen molar-refractivity contribution in [1.29, 1.82) is 0 Å². The molecular formula is C18H19N3O2S. The quantitative estimate of drug-likeness (QED) is 0.725. The molecule has 0 N–H and O–H groups in total. The Morgan fingerprint density at radius 3 is 3.08 bits per heavy atom. The maximum atomic E-state index is 12.9. The molecule has 1 amide bonds. The van der Waals surface area contributed by atoms with Crippen LogP contribution in [0.2, 0.25) is 0 Å². The Morgan fingerprint density at radius 1 is 1.42 bits per heavy atom. The van der Waals surface area contributed by atoms with Crippen LogP contribution in [0, 0.1) is 6.92 Å². The molecule has 6 heteroatoms. The Morgan fingerprint density at radius 2 is 2.33 bits per heavy atom. The number of aromatic nitrogens is 2. The minimum atomic E-state index is 0.123. The van der Waals surface area contributed by atoms with Gasteiger partial charge in [-0.1, -0.05) is 0 Å². The fourth-order valence-corrected chi connectivity index (χ4v) is 4.19. The summed E-state index contributed by atoms with van der Waals surface area (Å²) in [7, 11) is 0. The van der Waals surface area contributed by atoms with Crippen molar-refractivity contribution in [3.05, 3.63) is 53.6 Å². The van der Waals surface area contributed by atoms with E-state index in [1.165, 1.54) is 11.3 Å². The van der Waals surface area contributed by atoms with E-state index in [0.29, 0.717) is 0 Å². The topological polar surface area (TPSA) is 51.3 Å². The summed E-state index contributed by atoms with van der Waals surface area (Å²) in [6, 6.07) is 7.88. The molecule has 0 aliphatic carbocycles. The van der Waals surface area contributed by atoms with Crippen LogP contribution in [0.5, 0.6) is 0 Å². The Labute approximate surface area is 144 Å². The van der Waals surface area contributed by atoms with Gasteiger partial charge in [-0.25, -0.2) is 4.98 Å². The molecule has 0 saturated carbocycles. The molecule has 3 aromatic heterocycles. The molecular weight excluding hydrogens is 322 g/mol. The first-order valence-electron chi connectivity index (χ1n) is 8.15. The van der Waals surface area contributed by atoms with Crippen LogP contribution in [0.3, 0.4) is 0 Å². The van der Waals surface area contributed by atoms with E-state index in [9.17, 15) is 4.79 Å². The number of carbonyl (C=O) groups is 1. The predicted molar refractivity (Wildman–Crippen MR) is 93.0 cm³/mol. The molecule has 0 bridgehead atoms. The van der Waals surface area contributed by atoms with Crippen molar-refractivity contribution in [2.24, 2.45) is 0 Å². The van der Waals surface area contributed by atoms with Crippen molar-refractivity contribution in [3.63, 3.8) is 0 Å². The van der Waals surface area contributed by atoms with Crippen LogP contribution in [0.15, 0.2) is 47.3 Å². The third-order valence-electron chi connectivity index (χ3n) is 4.55. The van der Waals surface area contributed by atoms with Crippen LogP contribution in [0.1, 0.15) is 28.3 Å². The van der Waals surface area contributed by atoms with Crippen molar-refractivity contribution in [1.82, 2.24) is 14.5 Å². The molecule has 24 heavy (non-hydrogen) atoms. The second-order valence-electron chi connectivity index (χ2n) is 6.06. The van der Waals surface area contributed by atoms with Crippen LogP contribution < -0.4 is 0 Å². The van der Waals surface area contributed by atoms with Gasteiger partial charge in [0, 0.05) is 25.5 Å². The first kappa shape index (κ1) is 15.2. The number of thiophene rings is 1. The number of furan rings is 1. The monoisotopic (exact) mass is 341 g/mol. The van der Waals surface area contributed by atoms with Crippen LogP contribution in [-0.2, 0) is 6.54 Å². The summed E-state index contributed by atoms with van der Waals surface area (Å²) in [5.74, 6) is 1.93. The summed E-state index contributed by atoms with van der Waals surface area (Å²) in [5, 5.41) is 0. The highest BCUT2D eigenvalue weighted by atomic mass is 32.1. The molecule has 1 aliphatic heterocycles. The van der Waals surface area contributed by atoms with E-state index >= 15 is 0 Å². The number of likely N-dealkylation sites (tertiary alicyclic amines) is 1. The van der Waals surface area contributed by atoms with Gasteiger partial charge in [0.2, 0.25) is 0 Å². The lowest BCUT2D eigenvalue weighted by Crippen LogP contribution is -2.37. The Balaban J connectivity index is 1.52. The SMILES string of the molecule is Cc1nccn1CC1CCCN1C(=O)c1ccc(-c2ccco2)s1. The number of imidazole rings is 1. The lowest BCUT2D eigenvalue weighted by atomic mass is 10.2. The van der Waals surface area contributed by atoms with Gasteiger partial charge in [0.15, 0.2) is 0 Å². The van der Waals surface area contributed by atoms with E-state index in [1.807, 2.05) is 48.5 Å². The van der Waals surface area contributed by atoms with Gasteiger partial charge < -0.3 is 13.9 Å². The zero-order chi connectivity index (χ0) is 16.5. The van der Waals surface area contributed by atoms with Gasteiger partial charge in [0.25, 0.3) is 5.91 Å². The van der Waals surface area contributed by atoms with Crippen molar-refractivity contribution in [2.75, 3.05) is 6.54 Å². The molecule has 0 radical (unpaired) electrons. The summed E-state index contributed by atoms with van der Waals surface area (Å²) in [6.45, 7) is 3.63. The van der Waals surface area contributed by atoms with E-state index in [-0.39, 0.29) is 11.9 Å². The summed E-state index contributed by atoms with van der Waals surface area (Å²) in [4.78, 5) is 21.0. The van der Waals surface area contributed by atoms with Gasteiger partial charge in [-0.05, 0) is 44.0 Å². The maximum absolute atomic E-state index is 12.9. The third-order valence-corrected chi connectivity index (χ3v) is 5.64. The molecule has 4 rings (SSSR count). The largest absolute Gasteiger partial charge is 0.464 e. The molecule has 1 aliphatic rings. The highest BCUT2D eigenvalue weighted by molar-refractivity contribution is 7.17. The number of amides is 1. The summed E-state index contributed by atoms with van der Waals surface area (Å²) in [6.07, 6.45) is 7.54. The molecule has 1 saturated heterocycles. The zero-order valence-corrected chi connectivity index (χ0v) is 14.3. The van der Waals surface area contributed by atoms with Crippen molar-refractivity contribution in [2.45, 2.75) is 32.4 Å². The Hall–Kier alpha value is -2.34. The summed E-state index contributed by atoms with van der Waals surface area (Å²) >= 11 is 1.49. The van der Waals surface area contributed by atoms with Gasteiger partial charge in [0.05, 0.1) is 22.1 Å². The molecule has 0 spiro atoms. The van der Waals surface area contributed by atoms with Gasteiger partial charge in [-0.2, -0.15) is 0 Å². The molecule has 5 nitrogen and oxygen atoms in total. The van der Waals surface area contributed by atoms with E-state index in [1.54, 1.807) is 6.26 Å². The smallest absolute Gasteiger partial charge is 0.264 e. The van der Waals surface area contributed by atoms with Gasteiger partial charge >= 0.3 is 0 Å². The Bertz CT molecular complexity index is 834. The number of hydrogen-bond acceptors (Lipinski definition) is 4.